The Balaban J connectivity index is 3.37. The van der Waals surface area contributed by atoms with Crippen LogP contribution in [-0.2, 0) is 0 Å². The molecule has 14 heavy (non-hydrogen) atoms. The van der Waals surface area contributed by atoms with Gasteiger partial charge in [-0.3, -0.25) is 9.59 Å². The molecule has 0 saturated heterocycles. The molecule has 0 fully saturated rings. The van der Waals surface area contributed by atoms with Crippen molar-refractivity contribution in [3.63, 3.8) is 0 Å². The predicted molar refractivity (Wildman–Crippen MR) is 51.9 cm³/mol. The summed E-state index contributed by atoms with van der Waals surface area (Å²) in [5.74, 6) is -0.385. The summed E-state index contributed by atoms with van der Waals surface area (Å²) in [5, 5.41) is 0.139. The van der Waals surface area contributed by atoms with Crippen LogP contribution in [0.5, 0.6) is 5.75 Å². The molecule has 0 aliphatic rings. The fourth-order valence-corrected chi connectivity index (χ4v) is 1.29. The van der Waals surface area contributed by atoms with Crippen molar-refractivity contribution in [2.75, 3.05) is 7.11 Å². The lowest BCUT2D eigenvalue weighted by molar-refractivity contribution is 0.0999. The minimum Gasteiger partial charge on any atom is -0.496 e. The van der Waals surface area contributed by atoms with Gasteiger partial charge in [0.25, 0.3) is 0 Å². The normalized spacial score (nSPS) is 9.57. The largest absolute Gasteiger partial charge is 0.496 e. The van der Waals surface area contributed by atoms with Crippen LogP contribution in [0.25, 0.3) is 0 Å². The molecular formula is C9H8ClNO3. The number of benzene rings is 1. The summed E-state index contributed by atoms with van der Waals surface area (Å²) in [4.78, 5) is 21.4. The molecule has 1 amide bonds. The SMILES string of the molecule is COc1cc(C(N)=O)c(Cl)cc1C=O. The zero-order valence-electron chi connectivity index (χ0n) is 7.41. The molecule has 0 saturated carbocycles. The van der Waals surface area contributed by atoms with E-state index in [2.05, 4.69) is 0 Å². The molecule has 0 aliphatic heterocycles. The third-order valence-corrected chi connectivity index (χ3v) is 2.02. The predicted octanol–water partition coefficient (Wildman–Crippen LogP) is 1.26. The zero-order chi connectivity index (χ0) is 10.7. The molecule has 0 unspecified atom stereocenters. The van der Waals surface area contributed by atoms with E-state index in [9.17, 15) is 9.59 Å². The molecule has 1 rings (SSSR count). The first-order valence-corrected chi connectivity index (χ1v) is 4.10. The Morgan fingerprint density at radius 2 is 2.21 bits per heavy atom. The maximum Gasteiger partial charge on any atom is 0.250 e. The van der Waals surface area contributed by atoms with E-state index in [0.29, 0.717) is 6.29 Å². The molecule has 1 aromatic rings. The van der Waals surface area contributed by atoms with Crippen LogP contribution >= 0.6 is 11.6 Å². The molecule has 0 bridgehead atoms. The van der Waals surface area contributed by atoms with E-state index in [4.69, 9.17) is 22.1 Å². The Morgan fingerprint density at radius 3 is 2.64 bits per heavy atom. The lowest BCUT2D eigenvalue weighted by atomic mass is 10.1. The van der Waals surface area contributed by atoms with Crippen molar-refractivity contribution >= 4 is 23.8 Å². The van der Waals surface area contributed by atoms with Gasteiger partial charge in [0.15, 0.2) is 6.29 Å². The number of halogens is 1. The number of ether oxygens (including phenoxy) is 1. The van der Waals surface area contributed by atoms with Crippen LogP contribution in [0.15, 0.2) is 12.1 Å². The van der Waals surface area contributed by atoms with Crippen molar-refractivity contribution in [1.29, 1.82) is 0 Å². The number of hydrogen-bond donors (Lipinski definition) is 1. The third-order valence-electron chi connectivity index (χ3n) is 1.71. The Morgan fingerprint density at radius 1 is 1.57 bits per heavy atom. The molecule has 0 atom stereocenters. The topological polar surface area (TPSA) is 69.4 Å². The molecule has 4 nitrogen and oxygen atoms in total. The second-order valence-electron chi connectivity index (χ2n) is 2.56. The summed E-state index contributed by atoms with van der Waals surface area (Å²) in [5.41, 5.74) is 5.48. The van der Waals surface area contributed by atoms with Crippen LogP contribution < -0.4 is 10.5 Å². The van der Waals surface area contributed by atoms with Crippen molar-refractivity contribution in [1.82, 2.24) is 0 Å². The van der Waals surface area contributed by atoms with Crippen LogP contribution in [0.1, 0.15) is 20.7 Å². The van der Waals surface area contributed by atoms with Crippen LogP contribution in [0.4, 0.5) is 0 Å². The maximum atomic E-state index is 10.9. The van der Waals surface area contributed by atoms with Gasteiger partial charge in [0.2, 0.25) is 5.91 Å². The van der Waals surface area contributed by atoms with Crippen molar-refractivity contribution in [2.45, 2.75) is 0 Å². The standard InChI is InChI=1S/C9H8ClNO3/c1-14-8-3-6(9(11)13)7(10)2-5(8)4-12/h2-4H,1H3,(H2,11,13). The number of carbonyl (C=O) groups excluding carboxylic acids is 2. The van der Waals surface area contributed by atoms with Gasteiger partial charge in [0.1, 0.15) is 5.75 Å². The second-order valence-corrected chi connectivity index (χ2v) is 2.96. The highest BCUT2D eigenvalue weighted by Crippen LogP contribution is 2.25. The van der Waals surface area contributed by atoms with Gasteiger partial charge in [0, 0.05) is 0 Å². The van der Waals surface area contributed by atoms with E-state index < -0.39 is 5.91 Å². The number of amides is 1. The van der Waals surface area contributed by atoms with Gasteiger partial charge >= 0.3 is 0 Å². The molecular weight excluding hydrogens is 206 g/mol. The average molecular weight is 214 g/mol. The summed E-state index contributed by atoms with van der Waals surface area (Å²) >= 11 is 5.72. The molecule has 0 aromatic heterocycles. The van der Waals surface area contributed by atoms with Gasteiger partial charge in [-0.05, 0) is 12.1 Å². The van der Waals surface area contributed by atoms with E-state index in [0.717, 1.165) is 0 Å². The van der Waals surface area contributed by atoms with Gasteiger partial charge in [0.05, 0.1) is 23.3 Å². The molecule has 5 heteroatoms. The first kappa shape index (κ1) is 10.5. The fraction of sp³-hybridized carbons (Fsp3) is 0.111. The zero-order valence-corrected chi connectivity index (χ0v) is 8.17. The number of rotatable bonds is 3. The van der Waals surface area contributed by atoms with Crippen molar-refractivity contribution in [3.05, 3.63) is 28.3 Å². The molecule has 2 N–H and O–H groups in total. The Hall–Kier alpha value is -1.55. The molecule has 74 valence electrons. The van der Waals surface area contributed by atoms with E-state index in [-0.39, 0.29) is 21.9 Å². The van der Waals surface area contributed by atoms with Crippen molar-refractivity contribution in [3.8, 4) is 5.75 Å². The Kier molecular flexibility index (Phi) is 3.09. The first-order valence-electron chi connectivity index (χ1n) is 3.72. The van der Waals surface area contributed by atoms with Gasteiger partial charge < -0.3 is 10.5 Å². The highest BCUT2D eigenvalue weighted by Gasteiger charge is 2.12. The Bertz CT molecular complexity index is 390. The second kappa shape index (κ2) is 4.11. The maximum absolute atomic E-state index is 10.9. The average Bonchev–Trinajstić information content (AvgIpc) is 2.16. The summed E-state index contributed by atoms with van der Waals surface area (Å²) < 4.78 is 4.88. The van der Waals surface area contributed by atoms with E-state index in [1.165, 1.54) is 19.2 Å². The Labute approximate surface area is 85.6 Å². The number of aldehydes is 1. The smallest absolute Gasteiger partial charge is 0.250 e. The fourth-order valence-electron chi connectivity index (χ4n) is 1.03. The number of hydrogen-bond acceptors (Lipinski definition) is 3. The van der Waals surface area contributed by atoms with Crippen LogP contribution in [0, 0.1) is 0 Å². The number of primary amides is 1. The molecule has 1 aromatic carbocycles. The van der Waals surface area contributed by atoms with E-state index >= 15 is 0 Å². The first-order chi connectivity index (χ1) is 6.60. The minimum absolute atomic E-state index is 0.133. The van der Waals surface area contributed by atoms with Gasteiger partial charge in [-0.15, -0.1) is 0 Å². The minimum atomic E-state index is -0.661. The van der Waals surface area contributed by atoms with Crippen molar-refractivity contribution in [2.24, 2.45) is 5.73 Å². The van der Waals surface area contributed by atoms with Gasteiger partial charge in [-0.1, -0.05) is 11.6 Å². The number of nitrogens with two attached hydrogens (primary N) is 1. The van der Waals surface area contributed by atoms with E-state index in [1.807, 2.05) is 0 Å². The molecule has 0 radical (unpaired) electrons. The number of carbonyl (C=O) groups is 2. The van der Waals surface area contributed by atoms with Crippen LogP contribution in [0.3, 0.4) is 0 Å². The highest BCUT2D eigenvalue weighted by atomic mass is 35.5. The van der Waals surface area contributed by atoms with Crippen molar-refractivity contribution < 1.29 is 14.3 Å². The summed E-state index contributed by atoms with van der Waals surface area (Å²) in [6.45, 7) is 0. The lowest BCUT2D eigenvalue weighted by Crippen LogP contribution is -2.12. The lowest BCUT2D eigenvalue weighted by Gasteiger charge is -2.06. The third kappa shape index (κ3) is 1.85. The van der Waals surface area contributed by atoms with E-state index in [1.54, 1.807) is 0 Å². The quantitative estimate of drug-likeness (QED) is 0.769. The molecule has 0 spiro atoms. The highest BCUT2D eigenvalue weighted by molar-refractivity contribution is 6.34. The summed E-state index contributed by atoms with van der Waals surface area (Å²) in [6.07, 6.45) is 0.593. The van der Waals surface area contributed by atoms with Gasteiger partial charge in [-0.25, -0.2) is 0 Å². The number of methoxy groups -OCH3 is 1. The molecule has 0 heterocycles. The monoisotopic (exact) mass is 213 g/mol. The molecule has 0 aliphatic carbocycles. The van der Waals surface area contributed by atoms with Gasteiger partial charge in [-0.2, -0.15) is 0 Å². The van der Waals surface area contributed by atoms with Crippen LogP contribution in [0.2, 0.25) is 5.02 Å². The summed E-state index contributed by atoms with van der Waals surface area (Å²) in [7, 11) is 1.39. The van der Waals surface area contributed by atoms with Crippen LogP contribution in [-0.4, -0.2) is 19.3 Å². The summed E-state index contributed by atoms with van der Waals surface area (Å²) in [6, 6.07) is 2.68.